The second-order valence-electron chi connectivity index (χ2n) is 4.44. The van der Waals surface area contributed by atoms with Crippen molar-refractivity contribution in [3.05, 3.63) is 64.7 Å². The molecule has 0 aliphatic heterocycles. The molecule has 2 rings (SSSR count). The number of rotatable bonds is 4. The van der Waals surface area contributed by atoms with Crippen molar-refractivity contribution in [2.75, 3.05) is 0 Å². The van der Waals surface area contributed by atoms with Crippen LogP contribution in [-0.4, -0.2) is 4.98 Å². The fourth-order valence-corrected chi connectivity index (χ4v) is 1.95. The van der Waals surface area contributed by atoms with Crippen molar-refractivity contribution in [1.82, 2.24) is 10.3 Å². The van der Waals surface area contributed by atoms with Gasteiger partial charge in [-0.1, -0.05) is 18.2 Å². The lowest BCUT2D eigenvalue weighted by molar-refractivity contribution is 0.613. The number of nitrogens with zero attached hydrogens (tertiary/aromatic N) is 1. The molecule has 0 spiro atoms. The average molecular weight is 244 g/mol. The molecule has 18 heavy (non-hydrogen) atoms. The summed E-state index contributed by atoms with van der Waals surface area (Å²) < 4.78 is 12.7. The molecule has 0 amide bonds. The molecule has 94 valence electrons. The van der Waals surface area contributed by atoms with E-state index in [2.05, 4.69) is 42.3 Å². The fourth-order valence-electron chi connectivity index (χ4n) is 1.95. The minimum absolute atomic E-state index is 0.298. The maximum absolute atomic E-state index is 12.7. The predicted octanol–water partition coefficient (Wildman–Crippen LogP) is 3.13. The molecule has 0 aliphatic carbocycles. The predicted molar refractivity (Wildman–Crippen MR) is 70.7 cm³/mol. The Balaban J connectivity index is 1.94. The van der Waals surface area contributed by atoms with Crippen LogP contribution in [0.1, 0.15) is 22.4 Å². The Kier molecular flexibility index (Phi) is 4.05. The highest BCUT2D eigenvalue weighted by molar-refractivity contribution is 5.33. The molecule has 0 aliphatic rings. The first-order chi connectivity index (χ1) is 8.66. The highest BCUT2D eigenvalue weighted by Crippen LogP contribution is 2.12. The number of pyridine rings is 1. The van der Waals surface area contributed by atoms with Crippen molar-refractivity contribution in [2.24, 2.45) is 0 Å². The minimum atomic E-state index is -0.298. The largest absolute Gasteiger partial charge is 0.307 e. The van der Waals surface area contributed by atoms with Crippen LogP contribution in [0.4, 0.5) is 4.39 Å². The molecule has 0 fully saturated rings. The molecule has 1 aromatic carbocycles. The lowest BCUT2D eigenvalue weighted by Gasteiger charge is -2.10. The summed E-state index contributed by atoms with van der Waals surface area (Å²) in [5.41, 5.74) is 4.74. The van der Waals surface area contributed by atoms with Crippen LogP contribution in [0.3, 0.4) is 0 Å². The van der Waals surface area contributed by atoms with Crippen LogP contribution in [0, 0.1) is 19.7 Å². The molecule has 3 heteroatoms. The van der Waals surface area contributed by atoms with Gasteiger partial charge in [0.1, 0.15) is 5.82 Å². The van der Waals surface area contributed by atoms with E-state index in [1.165, 1.54) is 29.0 Å². The van der Waals surface area contributed by atoms with E-state index in [4.69, 9.17) is 0 Å². The molecule has 0 unspecified atom stereocenters. The van der Waals surface area contributed by atoms with Crippen molar-refractivity contribution in [2.45, 2.75) is 26.9 Å². The first-order valence-electron chi connectivity index (χ1n) is 6.03. The van der Waals surface area contributed by atoms with Gasteiger partial charge in [0.2, 0.25) is 0 Å². The van der Waals surface area contributed by atoms with Crippen molar-refractivity contribution >= 4 is 0 Å². The van der Waals surface area contributed by atoms with Gasteiger partial charge < -0.3 is 5.32 Å². The molecule has 2 nitrogen and oxygen atoms in total. The fraction of sp³-hybridized carbons (Fsp3) is 0.267. The number of benzene rings is 1. The van der Waals surface area contributed by atoms with Crippen molar-refractivity contribution < 1.29 is 4.39 Å². The summed E-state index contributed by atoms with van der Waals surface area (Å²) in [5.74, 6) is -0.298. The van der Waals surface area contributed by atoms with Gasteiger partial charge in [-0.3, -0.25) is 4.98 Å². The highest BCUT2D eigenvalue weighted by Gasteiger charge is 2.02. The lowest BCUT2D eigenvalue weighted by atomic mass is 10.0. The zero-order chi connectivity index (χ0) is 13.0. The van der Waals surface area contributed by atoms with Gasteiger partial charge in [0, 0.05) is 13.1 Å². The van der Waals surface area contributed by atoms with Crippen molar-refractivity contribution in [1.29, 1.82) is 0 Å². The Morgan fingerprint density at radius 3 is 2.39 bits per heavy atom. The first kappa shape index (κ1) is 12.7. The number of nitrogens with one attached hydrogen (secondary N) is 1. The Labute approximate surface area is 107 Å². The third-order valence-corrected chi connectivity index (χ3v) is 3.04. The number of aryl methyl sites for hydroxylation is 2. The van der Waals surface area contributed by atoms with Crippen LogP contribution in [0.5, 0.6) is 0 Å². The summed E-state index contributed by atoms with van der Waals surface area (Å²) >= 11 is 0. The molecule has 0 saturated heterocycles. The Hall–Kier alpha value is -1.74. The van der Waals surface area contributed by atoms with Crippen LogP contribution in [-0.2, 0) is 13.1 Å². The van der Waals surface area contributed by atoms with E-state index in [1.807, 2.05) is 0 Å². The molecule has 0 atom stereocenters. The van der Waals surface area contributed by atoms with Gasteiger partial charge in [-0.15, -0.1) is 0 Å². The minimum Gasteiger partial charge on any atom is -0.307 e. The zero-order valence-electron chi connectivity index (χ0n) is 10.7. The molecule has 1 N–H and O–H groups in total. The summed E-state index contributed by atoms with van der Waals surface area (Å²) in [5, 5.41) is 3.33. The van der Waals surface area contributed by atoms with E-state index in [0.717, 1.165) is 12.2 Å². The Bertz CT molecular complexity index is 500. The van der Waals surface area contributed by atoms with E-state index in [9.17, 15) is 4.39 Å². The normalized spacial score (nSPS) is 10.6. The van der Waals surface area contributed by atoms with Crippen LogP contribution in [0.2, 0.25) is 0 Å². The van der Waals surface area contributed by atoms with Crippen LogP contribution < -0.4 is 5.32 Å². The quantitative estimate of drug-likeness (QED) is 0.893. The smallest absolute Gasteiger partial charge is 0.141 e. The van der Waals surface area contributed by atoms with Gasteiger partial charge in [-0.05, 0) is 42.7 Å². The van der Waals surface area contributed by atoms with Gasteiger partial charge in [0.25, 0.3) is 0 Å². The molecule has 0 radical (unpaired) electrons. The first-order valence-corrected chi connectivity index (χ1v) is 6.03. The third kappa shape index (κ3) is 3.14. The monoisotopic (exact) mass is 244 g/mol. The van der Waals surface area contributed by atoms with E-state index in [-0.39, 0.29) is 5.82 Å². The molecular weight excluding hydrogens is 227 g/mol. The van der Waals surface area contributed by atoms with Crippen molar-refractivity contribution in [3.63, 3.8) is 0 Å². The van der Waals surface area contributed by atoms with E-state index in [0.29, 0.717) is 6.54 Å². The molecule has 0 saturated carbocycles. The van der Waals surface area contributed by atoms with E-state index < -0.39 is 0 Å². The van der Waals surface area contributed by atoms with Crippen LogP contribution in [0.25, 0.3) is 0 Å². The Morgan fingerprint density at radius 1 is 1.06 bits per heavy atom. The average Bonchev–Trinajstić information content (AvgIpc) is 2.35. The lowest BCUT2D eigenvalue weighted by Crippen LogP contribution is -2.15. The van der Waals surface area contributed by atoms with E-state index >= 15 is 0 Å². The Morgan fingerprint density at radius 2 is 1.78 bits per heavy atom. The van der Waals surface area contributed by atoms with Crippen LogP contribution >= 0.6 is 0 Å². The summed E-state index contributed by atoms with van der Waals surface area (Å²) in [6.07, 6.45) is 1.25. The maximum Gasteiger partial charge on any atom is 0.141 e. The van der Waals surface area contributed by atoms with E-state index in [1.54, 1.807) is 6.07 Å². The molecule has 2 aromatic rings. The molecule has 0 bridgehead atoms. The number of hydrogen-bond acceptors (Lipinski definition) is 2. The van der Waals surface area contributed by atoms with Gasteiger partial charge >= 0.3 is 0 Å². The summed E-state index contributed by atoms with van der Waals surface area (Å²) in [6.45, 7) is 5.67. The highest BCUT2D eigenvalue weighted by atomic mass is 19.1. The number of halogens is 1. The van der Waals surface area contributed by atoms with Crippen LogP contribution in [0.15, 0.2) is 36.5 Å². The van der Waals surface area contributed by atoms with Gasteiger partial charge in [-0.25, -0.2) is 4.39 Å². The zero-order valence-corrected chi connectivity index (χ0v) is 10.7. The topological polar surface area (TPSA) is 24.9 Å². The second-order valence-corrected chi connectivity index (χ2v) is 4.44. The molecular formula is C15H17FN2. The second kappa shape index (κ2) is 5.74. The van der Waals surface area contributed by atoms with Gasteiger partial charge in [0.05, 0.1) is 11.9 Å². The summed E-state index contributed by atoms with van der Waals surface area (Å²) in [4.78, 5) is 4.02. The SMILES string of the molecule is Cc1cccc(C)c1CNCc1ccc(F)cn1. The standard InChI is InChI=1S/C15H17FN2/c1-11-4-3-5-12(2)15(11)10-17-9-14-7-6-13(16)8-18-14/h3-8,17H,9-10H2,1-2H3. The maximum atomic E-state index is 12.7. The van der Waals surface area contributed by atoms with Gasteiger partial charge in [-0.2, -0.15) is 0 Å². The molecule has 1 aromatic heterocycles. The third-order valence-electron chi connectivity index (χ3n) is 3.04. The number of aromatic nitrogens is 1. The number of hydrogen-bond donors (Lipinski definition) is 1. The summed E-state index contributed by atoms with van der Waals surface area (Å²) in [7, 11) is 0. The molecule has 1 heterocycles. The summed E-state index contributed by atoms with van der Waals surface area (Å²) in [6, 6.07) is 9.42. The van der Waals surface area contributed by atoms with Gasteiger partial charge in [0.15, 0.2) is 0 Å². The van der Waals surface area contributed by atoms with Crippen molar-refractivity contribution in [3.8, 4) is 0 Å².